The second-order valence-electron chi connectivity index (χ2n) is 18.9. The van der Waals surface area contributed by atoms with Gasteiger partial charge >= 0.3 is 0 Å². The zero-order chi connectivity index (χ0) is 43.9. The highest BCUT2D eigenvalue weighted by molar-refractivity contribution is 5.92. The number of fused-ring (bicyclic) bond motifs is 7. The molecule has 0 radical (unpaired) electrons. The monoisotopic (exact) mass is 831 g/mol. The fourth-order valence-electron chi connectivity index (χ4n) is 11.3. The van der Waals surface area contributed by atoms with E-state index in [0.29, 0.717) is 0 Å². The summed E-state index contributed by atoms with van der Waals surface area (Å²) in [6.45, 7) is 9.48. The molecule has 1 nitrogen and oxygen atoms in total. The Kier molecular flexibility index (Phi) is 8.94. The number of hydrogen-bond acceptors (Lipinski definition) is 1. The van der Waals surface area contributed by atoms with Gasteiger partial charge in [-0.15, -0.1) is 0 Å². The Morgan fingerprint density at radius 2 is 0.631 bits per heavy atom. The van der Waals surface area contributed by atoms with Gasteiger partial charge in [0.05, 0.1) is 0 Å². The second-order valence-corrected chi connectivity index (χ2v) is 18.9. The molecule has 0 saturated heterocycles. The Hall–Kier alpha value is -7.74. The minimum absolute atomic E-state index is 0.0947. The van der Waals surface area contributed by atoms with Crippen LogP contribution in [0.3, 0.4) is 0 Å². The van der Waals surface area contributed by atoms with E-state index in [9.17, 15) is 0 Å². The lowest BCUT2D eigenvalue weighted by molar-refractivity contribution is 0.662. The predicted octanol–water partition coefficient (Wildman–Crippen LogP) is 17.6. The molecule has 1 heteroatoms. The first-order valence-corrected chi connectivity index (χ1v) is 22.9. The highest BCUT2D eigenvalue weighted by Gasteiger charge is 2.38. The van der Waals surface area contributed by atoms with Crippen LogP contribution in [0.4, 0.5) is 17.1 Å². The van der Waals surface area contributed by atoms with Crippen molar-refractivity contribution in [3.05, 3.63) is 247 Å². The minimum Gasteiger partial charge on any atom is -0.311 e. The van der Waals surface area contributed by atoms with Gasteiger partial charge in [-0.2, -0.15) is 0 Å². The Bertz CT molecular complexity index is 3310. The van der Waals surface area contributed by atoms with E-state index in [2.05, 4.69) is 257 Å². The second kappa shape index (κ2) is 14.9. The molecule has 10 aromatic rings. The quantitative estimate of drug-likeness (QED) is 0.155. The smallest absolute Gasteiger partial charge is 0.0462 e. The molecule has 0 aliphatic heterocycles. The van der Waals surface area contributed by atoms with Gasteiger partial charge in [-0.25, -0.2) is 0 Å². The Morgan fingerprint density at radius 1 is 0.262 bits per heavy atom. The van der Waals surface area contributed by atoms with Crippen LogP contribution < -0.4 is 4.90 Å². The normalized spacial score (nSPS) is 13.8. The van der Waals surface area contributed by atoms with Crippen molar-refractivity contribution in [2.45, 2.75) is 38.5 Å². The third-order valence-electron chi connectivity index (χ3n) is 14.4. The standard InChI is InChI=1S/C64H49N/c1-63(2)59-24-9-7-18-55(59)57-22-12-20-53(61(57)63)44-30-36-51(37-31-44)65(52-38-32-45(33-39-52)54-21-13-23-58-56-19-8-10-25-60(56)64(3,4)62(54)58)50-34-28-43(29-35-50)47-16-11-17-48(40-47)49-27-26-42-14-5-6-15-46(42)41-49/h5-41H,1-4H3. The maximum atomic E-state index is 2.40. The van der Waals surface area contributed by atoms with E-state index in [1.54, 1.807) is 0 Å². The van der Waals surface area contributed by atoms with Crippen molar-refractivity contribution in [1.82, 2.24) is 0 Å². The van der Waals surface area contributed by atoms with Crippen LogP contribution in [0.2, 0.25) is 0 Å². The highest BCUT2D eigenvalue weighted by atomic mass is 15.1. The predicted molar refractivity (Wildman–Crippen MR) is 276 cm³/mol. The maximum Gasteiger partial charge on any atom is 0.0462 e. The van der Waals surface area contributed by atoms with Crippen molar-refractivity contribution in [2.75, 3.05) is 4.90 Å². The van der Waals surface area contributed by atoms with Crippen LogP contribution in [0.15, 0.2) is 224 Å². The van der Waals surface area contributed by atoms with E-state index >= 15 is 0 Å². The molecule has 0 atom stereocenters. The van der Waals surface area contributed by atoms with Crippen LogP contribution >= 0.6 is 0 Å². The minimum atomic E-state index is -0.0947. The summed E-state index contributed by atoms with van der Waals surface area (Å²) >= 11 is 0. The van der Waals surface area contributed by atoms with Crippen molar-refractivity contribution in [1.29, 1.82) is 0 Å². The highest BCUT2D eigenvalue weighted by Crippen LogP contribution is 2.54. The summed E-state index contributed by atoms with van der Waals surface area (Å²) in [6.07, 6.45) is 0. The molecule has 0 bridgehead atoms. The van der Waals surface area contributed by atoms with Gasteiger partial charge in [0, 0.05) is 27.9 Å². The SMILES string of the molecule is CC1(C)c2ccccc2-c2cccc(-c3ccc(N(c4ccc(-c5cccc(-c6ccc7ccccc7c6)c5)cc4)c4ccc(-c5cccc6c5C(C)(C)c5ccccc5-6)cc4)cc3)c21. The molecule has 65 heavy (non-hydrogen) atoms. The van der Waals surface area contributed by atoms with E-state index in [4.69, 9.17) is 0 Å². The van der Waals surface area contributed by atoms with Crippen molar-refractivity contribution in [3.8, 4) is 66.8 Å². The number of nitrogens with zero attached hydrogens (tertiary/aromatic N) is 1. The number of anilines is 3. The zero-order valence-electron chi connectivity index (χ0n) is 37.3. The van der Waals surface area contributed by atoms with Crippen LogP contribution in [0, 0.1) is 0 Å². The first kappa shape index (κ1) is 38.9. The summed E-state index contributed by atoms with van der Waals surface area (Å²) in [5, 5.41) is 2.51. The lowest BCUT2D eigenvalue weighted by Crippen LogP contribution is -2.16. The van der Waals surface area contributed by atoms with Crippen LogP contribution in [-0.4, -0.2) is 0 Å². The Balaban J connectivity index is 0.925. The number of hydrogen-bond donors (Lipinski definition) is 0. The van der Waals surface area contributed by atoms with Crippen molar-refractivity contribution >= 4 is 27.8 Å². The fourth-order valence-corrected chi connectivity index (χ4v) is 11.3. The summed E-state index contributed by atoms with van der Waals surface area (Å²) in [5.74, 6) is 0. The molecular weight excluding hydrogens is 783 g/mol. The van der Waals surface area contributed by atoms with Crippen LogP contribution in [0.25, 0.3) is 77.5 Å². The molecule has 0 spiro atoms. The van der Waals surface area contributed by atoms with Crippen LogP contribution in [0.1, 0.15) is 49.9 Å². The van der Waals surface area contributed by atoms with E-state index in [1.807, 2.05) is 0 Å². The topological polar surface area (TPSA) is 3.24 Å². The van der Waals surface area contributed by atoms with Gasteiger partial charge in [0.2, 0.25) is 0 Å². The van der Waals surface area contributed by atoms with Gasteiger partial charge < -0.3 is 4.90 Å². The Labute approximate surface area is 383 Å². The molecule has 10 aromatic carbocycles. The number of rotatable bonds is 7. The lowest BCUT2D eigenvalue weighted by Gasteiger charge is -2.27. The van der Waals surface area contributed by atoms with Gasteiger partial charge in [0.25, 0.3) is 0 Å². The first-order valence-electron chi connectivity index (χ1n) is 22.9. The molecule has 0 saturated carbocycles. The average Bonchev–Trinajstić information content (AvgIpc) is 3.74. The molecule has 0 heterocycles. The maximum absolute atomic E-state index is 2.40. The third-order valence-corrected chi connectivity index (χ3v) is 14.4. The van der Waals surface area contributed by atoms with Crippen molar-refractivity contribution in [3.63, 3.8) is 0 Å². The lowest BCUT2D eigenvalue weighted by atomic mass is 9.79. The fraction of sp³-hybridized carbons (Fsp3) is 0.0938. The van der Waals surface area contributed by atoms with Crippen LogP contribution in [-0.2, 0) is 10.8 Å². The molecule has 2 aliphatic rings. The van der Waals surface area contributed by atoms with Gasteiger partial charge in [0.15, 0.2) is 0 Å². The third kappa shape index (κ3) is 6.29. The van der Waals surface area contributed by atoms with Gasteiger partial charge in [0.1, 0.15) is 0 Å². The molecule has 2 aliphatic carbocycles. The van der Waals surface area contributed by atoms with E-state index in [-0.39, 0.29) is 10.8 Å². The molecule has 0 unspecified atom stereocenters. The summed E-state index contributed by atoms with van der Waals surface area (Å²) in [7, 11) is 0. The number of benzene rings is 10. The average molecular weight is 832 g/mol. The molecule has 0 fully saturated rings. The summed E-state index contributed by atoms with van der Waals surface area (Å²) in [6, 6.07) is 83.1. The summed E-state index contributed by atoms with van der Waals surface area (Å²) in [5.41, 5.74) is 24.0. The van der Waals surface area contributed by atoms with Crippen molar-refractivity contribution in [2.24, 2.45) is 0 Å². The van der Waals surface area contributed by atoms with E-state index in [0.717, 1.165) is 17.1 Å². The molecule has 12 rings (SSSR count). The van der Waals surface area contributed by atoms with E-state index in [1.165, 1.54) is 99.8 Å². The summed E-state index contributed by atoms with van der Waals surface area (Å²) < 4.78 is 0. The molecule has 0 aromatic heterocycles. The molecular formula is C64H49N. The van der Waals surface area contributed by atoms with Gasteiger partial charge in [-0.1, -0.05) is 204 Å². The van der Waals surface area contributed by atoms with Gasteiger partial charge in [-0.3, -0.25) is 0 Å². The first-order chi connectivity index (χ1) is 31.7. The molecule has 310 valence electrons. The zero-order valence-corrected chi connectivity index (χ0v) is 37.3. The van der Waals surface area contributed by atoms with Crippen LogP contribution in [0.5, 0.6) is 0 Å². The summed E-state index contributed by atoms with van der Waals surface area (Å²) in [4.78, 5) is 2.40. The van der Waals surface area contributed by atoms with E-state index < -0.39 is 0 Å². The Morgan fingerprint density at radius 3 is 1.15 bits per heavy atom. The van der Waals surface area contributed by atoms with Crippen molar-refractivity contribution < 1.29 is 0 Å². The largest absolute Gasteiger partial charge is 0.311 e. The molecule has 0 amide bonds. The molecule has 0 N–H and O–H groups in total. The van der Waals surface area contributed by atoms with Gasteiger partial charge in [-0.05, 0) is 148 Å².